The lowest BCUT2D eigenvalue weighted by Crippen LogP contribution is -2.53. The fourth-order valence-electron chi connectivity index (χ4n) is 4.17. The van der Waals surface area contributed by atoms with E-state index in [1.165, 1.54) is 19.8 Å². The maximum absolute atomic E-state index is 12.6. The first-order valence-corrected chi connectivity index (χ1v) is 14.6. The van der Waals surface area contributed by atoms with Crippen molar-refractivity contribution in [1.82, 2.24) is 16.0 Å². The van der Waals surface area contributed by atoms with Gasteiger partial charge in [0.2, 0.25) is 23.6 Å². The Kier molecular flexibility index (Phi) is 14.9. The topological polar surface area (TPSA) is 166 Å². The van der Waals surface area contributed by atoms with E-state index in [0.29, 0.717) is 13.0 Å². The Balaban J connectivity index is 1.64. The first kappa shape index (κ1) is 33.7. The minimum atomic E-state index is -1.10. The summed E-state index contributed by atoms with van der Waals surface area (Å²) in [5.74, 6) is -2.22. The second kappa shape index (κ2) is 18.1. The van der Waals surface area contributed by atoms with Crippen LogP contribution in [-0.2, 0) is 40.1 Å². The molecule has 1 aliphatic rings. The molecule has 1 saturated carbocycles. The van der Waals surface area contributed by atoms with Gasteiger partial charge in [0.1, 0.15) is 24.8 Å². The standard InChI is InChI=1S/C30H46N4O7/c1-4-5-6-7-11-14-26(35)33-25-17-23(25)19-40-21(3)30(39)32-20(2)29(38)34-24(28(31)37)15-16-27(36)41-18-22-12-9-8-10-13-22/h8-10,12-13,20-21,23-25H,4-7,11,14-19H2,1-3H3,(H2,31,37)(H,32,39)(H,33,35)(H,34,38)/t20-,21+,23-,24+,25-/m0/s1. The predicted octanol–water partition coefficient (Wildman–Crippen LogP) is 2.26. The zero-order valence-electron chi connectivity index (χ0n) is 24.5. The molecule has 4 amide bonds. The summed E-state index contributed by atoms with van der Waals surface area (Å²) in [6, 6.07) is 7.16. The number of nitrogens with two attached hydrogens (primary N) is 1. The highest BCUT2D eigenvalue weighted by atomic mass is 16.5. The average Bonchev–Trinajstić information content (AvgIpc) is 3.69. The van der Waals surface area contributed by atoms with E-state index in [-0.39, 0.29) is 37.3 Å². The molecule has 2 rings (SSSR count). The lowest BCUT2D eigenvalue weighted by molar-refractivity contribution is -0.145. The van der Waals surface area contributed by atoms with Gasteiger partial charge in [0.05, 0.1) is 6.61 Å². The molecule has 1 aromatic carbocycles. The van der Waals surface area contributed by atoms with Crippen LogP contribution in [0, 0.1) is 5.92 Å². The van der Waals surface area contributed by atoms with Crippen LogP contribution in [0.5, 0.6) is 0 Å². The van der Waals surface area contributed by atoms with Crippen molar-refractivity contribution in [3.05, 3.63) is 35.9 Å². The number of carbonyl (C=O) groups excluding carboxylic acids is 5. The average molecular weight is 575 g/mol. The van der Waals surface area contributed by atoms with Gasteiger partial charge in [0, 0.05) is 24.8 Å². The van der Waals surface area contributed by atoms with Crippen molar-refractivity contribution >= 4 is 29.6 Å². The molecule has 0 radical (unpaired) electrons. The number of ether oxygens (including phenoxy) is 2. The number of hydrogen-bond acceptors (Lipinski definition) is 7. The van der Waals surface area contributed by atoms with Gasteiger partial charge >= 0.3 is 5.97 Å². The molecular weight excluding hydrogens is 528 g/mol. The van der Waals surface area contributed by atoms with Crippen molar-refractivity contribution < 1.29 is 33.4 Å². The van der Waals surface area contributed by atoms with Crippen molar-refractivity contribution in [3.63, 3.8) is 0 Å². The van der Waals surface area contributed by atoms with E-state index >= 15 is 0 Å². The summed E-state index contributed by atoms with van der Waals surface area (Å²) in [5.41, 5.74) is 6.23. The number of primary amides is 1. The molecule has 0 unspecified atom stereocenters. The van der Waals surface area contributed by atoms with Gasteiger partial charge in [-0.25, -0.2) is 0 Å². The molecular formula is C30H46N4O7. The normalized spacial score (nSPS) is 17.9. The van der Waals surface area contributed by atoms with Gasteiger partial charge in [-0.05, 0) is 38.7 Å². The van der Waals surface area contributed by atoms with E-state index in [2.05, 4.69) is 22.9 Å². The van der Waals surface area contributed by atoms with E-state index in [1.807, 2.05) is 30.3 Å². The Bertz CT molecular complexity index is 1000. The summed E-state index contributed by atoms with van der Waals surface area (Å²) < 4.78 is 10.9. The zero-order chi connectivity index (χ0) is 30.2. The van der Waals surface area contributed by atoms with Crippen LogP contribution in [0.2, 0.25) is 0 Å². The minimum Gasteiger partial charge on any atom is -0.461 e. The van der Waals surface area contributed by atoms with E-state index in [4.69, 9.17) is 15.2 Å². The van der Waals surface area contributed by atoms with Crippen LogP contribution in [0.3, 0.4) is 0 Å². The molecule has 1 aromatic rings. The number of hydrogen-bond donors (Lipinski definition) is 4. The molecule has 41 heavy (non-hydrogen) atoms. The fraction of sp³-hybridized carbons (Fsp3) is 0.633. The largest absolute Gasteiger partial charge is 0.461 e. The molecule has 11 heteroatoms. The minimum absolute atomic E-state index is 0.0349. The van der Waals surface area contributed by atoms with Crippen LogP contribution < -0.4 is 21.7 Å². The van der Waals surface area contributed by atoms with E-state index in [0.717, 1.165) is 31.2 Å². The third kappa shape index (κ3) is 13.6. The molecule has 1 fully saturated rings. The predicted molar refractivity (Wildman–Crippen MR) is 153 cm³/mol. The maximum atomic E-state index is 12.6. The summed E-state index contributed by atoms with van der Waals surface area (Å²) in [5, 5.41) is 8.06. The monoisotopic (exact) mass is 574 g/mol. The quantitative estimate of drug-likeness (QED) is 0.137. The van der Waals surface area contributed by atoms with Crippen LogP contribution in [0.25, 0.3) is 0 Å². The van der Waals surface area contributed by atoms with Gasteiger partial charge in [-0.3, -0.25) is 24.0 Å². The fourth-order valence-corrected chi connectivity index (χ4v) is 4.17. The highest BCUT2D eigenvalue weighted by molar-refractivity contribution is 5.92. The van der Waals surface area contributed by atoms with E-state index < -0.39 is 41.9 Å². The van der Waals surface area contributed by atoms with Crippen molar-refractivity contribution in [2.45, 2.75) is 109 Å². The van der Waals surface area contributed by atoms with Gasteiger partial charge < -0.3 is 31.2 Å². The number of nitrogens with one attached hydrogen (secondary N) is 3. The first-order chi connectivity index (χ1) is 19.6. The summed E-state index contributed by atoms with van der Waals surface area (Å²) in [4.78, 5) is 61.1. The van der Waals surface area contributed by atoms with Crippen LogP contribution in [0.15, 0.2) is 30.3 Å². The van der Waals surface area contributed by atoms with Gasteiger partial charge in [0.25, 0.3) is 0 Å². The van der Waals surface area contributed by atoms with Crippen molar-refractivity contribution in [2.24, 2.45) is 11.7 Å². The summed E-state index contributed by atoms with van der Waals surface area (Å²) in [6.45, 7) is 5.64. The van der Waals surface area contributed by atoms with Crippen LogP contribution >= 0.6 is 0 Å². The molecule has 11 nitrogen and oxygen atoms in total. The van der Waals surface area contributed by atoms with Crippen molar-refractivity contribution in [1.29, 1.82) is 0 Å². The van der Waals surface area contributed by atoms with Gasteiger partial charge in [-0.15, -0.1) is 0 Å². The molecule has 5 N–H and O–H groups in total. The number of amides is 4. The number of rotatable bonds is 20. The van der Waals surface area contributed by atoms with Crippen molar-refractivity contribution in [3.8, 4) is 0 Å². The molecule has 5 atom stereocenters. The molecule has 0 bridgehead atoms. The molecule has 0 spiro atoms. The Morgan fingerprint density at radius 3 is 2.34 bits per heavy atom. The second-order valence-electron chi connectivity index (χ2n) is 10.7. The van der Waals surface area contributed by atoms with Crippen LogP contribution in [0.1, 0.15) is 84.1 Å². The van der Waals surface area contributed by atoms with Crippen LogP contribution in [-0.4, -0.2) is 60.4 Å². The second-order valence-corrected chi connectivity index (χ2v) is 10.7. The van der Waals surface area contributed by atoms with E-state index in [1.54, 1.807) is 6.92 Å². The molecule has 0 heterocycles. The number of carbonyl (C=O) groups is 5. The molecule has 1 aliphatic carbocycles. The third-order valence-electron chi connectivity index (χ3n) is 7.00. The smallest absolute Gasteiger partial charge is 0.306 e. The lowest BCUT2D eigenvalue weighted by Gasteiger charge is -2.21. The molecule has 0 saturated heterocycles. The lowest BCUT2D eigenvalue weighted by atomic mass is 10.1. The van der Waals surface area contributed by atoms with Gasteiger partial charge in [0.15, 0.2) is 0 Å². The molecule has 0 aliphatic heterocycles. The maximum Gasteiger partial charge on any atom is 0.306 e. The first-order valence-electron chi connectivity index (χ1n) is 14.6. The van der Waals surface area contributed by atoms with Crippen molar-refractivity contribution in [2.75, 3.05) is 6.61 Å². The SMILES string of the molecule is CCCCCCCC(=O)N[C@H]1C[C@H]1CO[C@H](C)C(=O)N[C@@H](C)C(=O)N[C@H](CCC(=O)OCc1ccccc1)C(N)=O. The number of unbranched alkanes of at least 4 members (excludes halogenated alkanes) is 4. The van der Waals surface area contributed by atoms with Crippen LogP contribution in [0.4, 0.5) is 0 Å². The Morgan fingerprint density at radius 2 is 1.66 bits per heavy atom. The summed E-state index contributed by atoms with van der Waals surface area (Å²) in [6.07, 6.45) is 5.85. The molecule has 228 valence electrons. The van der Waals surface area contributed by atoms with Gasteiger partial charge in [-0.2, -0.15) is 0 Å². The van der Waals surface area contributed by atoms with E-state index in [9.17, 15) is 24.0 Å². The third-order valence-corrected chi connectivity index (χ3v) is 7.00. The highest BCUT2D eigenvalue weighted by Crippen LogP contribution is 2.31. The summed E-state index contributed by atoms with van der Waals surface area (Å²) >= 11 is 0. The Morgan fingerprint density at radius 1 is 0.951 bits per heavy atom. The zero-order valence-corrected chi connectivity index (χ0v) is 24.5. The molecule has 0 aromatic heterocycles. The number of benzene rings is 1. The van der Waals surface area contributed by atoms with Gasteiger partial charge in [-0.1, -0.05) is 62.9 Å². The Labute approximate surface area is 242 Å². The number of esters is 1. The summed E-state index contributed by atoms with van der Waals surface area (Å²) in [7, 11) is 0. The highest BCUT2D eigenvalue weighted by Gasteiger charge is 2.39. The Hall–Kier alpha value is -3.47.